The zero-order chi connectivity index (χ0) is 28.4. The van der Waals surface area contributed by atoms with E-state index in [-0.39, 0.29) is 18.9 Å². The largest absolute Gasteiger partial charge is 0.391 e. The van der Waals surface area contributed by atoms with Gasteiger partial charge in [0.2, 0.25) is 17.7 Å². The summed E-state index contributed by atoms with van der Waals surface area (Å²) in [6.07, 6.45) is -0.871. The molecule has 1 fully saturated rings. The van der Waals surface area contributed by atoms with Crippen molar-refractivity contribution in [2.24, 2.45) is 10.8 Å². The molecule has 2 aromatic rings. The van der Waals surface area contributed by atoms with Crippen LogP contribution in [-0.2, 0) is 14.4 Å². The van der Waals surface area contributed by atoms with E-state index in [9.17, 15) is 23.9 Å². The highest BCUT2D eigenvalue weighted by Crippen LogP contribution is 2.30. The first kappa shape index (κ1) is 29.7. The maximum Gasteiger partial charge on any atom is 0.246 e. The molecule has 8 nitrogen and oxygen atoms in total. The Kier molecular flexibility index (Phi) is 8.98. The van der Waals surface area contributed by atoms with Gasteiger partial charge in [-0.3, -0.25) is 14.4 Å². The molecule has 38 heavy (non-hydrogen) atoms. The molecule has 3 rings (SSSR count). The lowest BCUT2D eigenvalue weighted by molar-refractivity contribution is -0.145. The zero-order valence-corrected chi connectivity index (χ0v) is 24.0. The van der Waals surface area contributed by atoms with Gasteiger partial charge >= 0.3 is 0 Å². The van der Waals surface area contributed by atoms with Crippen LogP contribution in [0.25, 0.3) is 10.4 Å². The fourth-order valence-electron chi connectivity index (χ4n) is 4.39. The number of β-amino-alcohol motifs (C(OH)–C–C–N with tert-alkyl or cyclic N) is 1. The van der Waals surface area contributed by atoms with Gasteiger partial charge in [0.05, 0.1) is 28.2 Å². The molecule has 1 aliphatic rings. The van der Waals surface area contributed by atoms with Crippen molar-refractivity contribution in [2.75, 3.05) is 13.2 Å². The van der Waals surface area contributed by atoms with E-state index in [0.717, 1.165) is 16.1 Å². The van der Waals surface area contributed by atoms with E-state index in [1.54, 1.807) is 38.4 Å². The number of aliphatic hydroxyl groups is 1. The van der Waals surface area contributed by atoms with Crippen LogP contribution in [0.1, 0.15) is 65.3 Å². The van der Waals surface area contributed by atoms with Crippen LogP contribution >= 0.6 is 11.3 Å². The van der Waals surface area contributed by atoms with Crippen molar-refractivity contribution in [1.29, 1.82) is 0 Å². The average Bonchev–Trinajstić information content (AvgIpc) is 3.44. The van der Waals surface area contributed by atoms with E-state index < -0.39 is 53.5 Å². The molecule has 1 aliphatic heterocycles. The summed E-state index contributed by atoms with van der Waals surface area (Å²) in [6.45, 7) is 11.8. The Labute approximate surface area is 228 Å². The Hall–Kier alpha value is -2.85. The van der Waals surface area contributed by atoms with Gasteiger partial charge in [-0.15, -0.1) is 11.3 Å². The lowest BCUT2D eigenvalue weighted by atomic mass is 9.84. The fraction of sp³-hybridized carbons (Fsp3) is 0.571. The Morgan fingerprint density at radius 1 is 1.13 bits per heavy atom. The number of benzene rings is 1. The summed E-state index contributed by atoms with van der Waals surface area (Å²) in [5.74, 6) is -1.29. The molecule has 0 bridgehead atoms. The van der Waals surface area contributed by atoms with Crippen LogP contribution in [0.4, 0.5) is 4.39 Å². The summed E-state index contributed by atoms with van der Waals surface area (Å²) in [6, 6.07) is 4.47. The lowest BCUT2D eigenvalue weighted by Gasteiger charge is -2.36. The molecule has 0 spiro atoms. The zero-order valence-electron chi connectivity index (χ0n) is 23.2. The van der Waals surface area contributed by atoms with E-state index in [1.165, 1.54) is 16.2 Å². The number of nitrogens with zero attached hydrogens (tertiary/aromatic N) is 2. The molecule has 10 heteroatoms. The predicted molar refractivity (Wildman–Crippen MR) is 146 cm³/mol. The van der Waals surface area contributed by atoms with Crippen LogP contribution in [0.3, 0.4) is 0 Å². The Balaban J connectivity index is 1.78. The summed E-state index contributed by atoms with van der Waals surface area (Å²) in [4.78, 5) is 46.3. The third kappa shape index (κ3) is 6.77. The third-order valence-electron chi connectivity index (χ3n) is 6.73. The van der Waals surface area contributed by atoms with E-state index in [1.807, 2.05) is 39.8 Å². The number of hydrogen-bond acceptors (Lipinski definition) is 6. The van der Waals surface area contributed by atoms with Gasteiger partial charge in [0.15, 0.2) is 0 Å². The highest BCUT2D eigenvalue weighted by Gasteiger charge is 2.45. The van der Waals surface area contributed by atoms with Gasteiger partial charge in [-0.2, -0.15) is 0 Å². The molecular formula is C28H39FN4O4S. The number of aromatic nitrogens is 1. The first-order chi connectivity index (χ1) is 17.6. The van der Waals surface area contributed by atoms with Gasteiger partial charge in [0.25, 0.3) is 0 Å². The number of carbonyl (C=O) groups is 3. The molecule has 1 unspecified atom stereocenters. The van der Waals surface area contributed by atoms with Crippen molar-refractivity contribution in [3.63, 3.8) is 0 Å². The van der Waals surface area contributed by atoms with Gasteiger partial charge in [-0.25, -0.2) is 9.37 Å². The van der Waals surface area contributed by atoms with Crippen LogP contribution in [0.5, 0.6) is 0 Å². The van der Waals surface area contributed by atoms with Gasteiger partial charge in [-0.1, -0.05) is 65.8 Å². The topological polar surface area (TPSA) is 112 Å². The maximum atomic E-state index is 14.1. The molecule has 0 saturated carbocycles. The number of nitrogens with one attached hydrogen (secondary N) is 2. The molecule has 1 aromatic carbocycles. The number of carbonyl (C=O) groups excluding carboxylic acids is 3. The minimum Gasteiger partial charge on any atom is -0.391 e. The first-order valence-corrected chi connectivity index (χ1v) is 13.7. The van der Waals surface area contributed by atoms with Crippen molar-refractivity contribution in [3.8, 4) is 10.4 Å². The number of hydrogen-bond donors (Lipinski definition) is 3. The summed E-state index contributed by atoms with van der Waals surface area (Å²) >= 11 is 1.52. The van der Waals surface area contributed by atoms with Gasteiger partial charge in [0, 0.05) is 18.4 Å². The quantitative estimate of drug-likeness (QED) is 0.489. The summed E-state index contributed by atoms with van der Waals surface area (Å²) in [5, 5.41) is 15.9. The van der Waals surface area contributed by atoms with Crippen molar-refractivity contribution in [1.82, 2.24) is 20.5 Å². The molecule has 4 atom stereocenters. The second-order valence-corrected chi connectivity index (χ2v) is 12.9. The number of likely N-dealkylation sites (tertiary alicyclic amines) is 1. The normalized spacial score (nSPS) is 19.7. The number of amides is 3. The van der Waals surface area contributed by atoms with Crippen LogP contribution in [-0.4, -0.2) is 64.1 Å². The number of rotatable bonds is 7. The van der Waals surface area contributed by atoms with Crippen LogP contribution < -0.4 is 10.6 Å². The second-order valence-electron chi connectivity index (χ2n) is 12.0. The molecule has 2 heterocycles. The van der Waals surface area contributed by atoms with E-state index in [4.69, 9.17) is 0 Å². The van der Waals surface area contributed by atoms with E-state index in [2.05, 4.69) is 15.6 Å². The lowest BCUT2D eigenvalue weighted by Crippen LogP contribution is -2.59. The minimum absolute atomic E-state index is 0.0320. The highest BCUT2D eigenvalue weighted by molar-refractivity contribution is 7.13. The smallest absolute Gasteiger partial charge is 0.246 e. The molecule has 3 N–H and O–H groups in total. The number of thiazole rings is 1. The molecule has 3 amide bonds. The summed E-state index contributed by atoms with van der Waals surface area (Å²) in [5.41, 5.74) is 2.87. The summed E-state index contributed by atoms with van der Waals surface area (Å²) in [7, 11) is 0. The van der Waals surface area contributed by atoms with Crippen LogP contribution in [0.15, 0.2) is 29.8 Å². The van der Waals surface area contributed by atoms with Crippen molar-refractivity contribution in [3.05, 3.63) is 41.0 Å². The van der Waals surface area contributed by atoms with Crippen molar-refractivity contribution in [2.45, 2.75) is 79.1 Å². The SMILES string of the molecule is Cc1ncsc1-c1ccc([C@H](CF)NC(=O)[C@@H]2C[C@@H](O)CN2C(=O)C(NC(=O)C(C)(C)C)C(C)(C)C)cc1. The van der Waals surface area contributed by atoms with Gasteiger partial charge in [0.1, 0.15) is 18.8 Å². The molecule has 0 radical (unpaired) electrons. The fourth-order valence-corrected chi connectivity index (χ4v) is 5.20. The molecule has 1 saturated heterocycles. The first-order valence-electron chi connectivity index (χ1n) is 12.8. The highest BCUT2D eigenvalue weighted by atomic mass is 32.1. The molecule has 0 aliphatic carbocycles. The Bertz CT molecular complexity index is 1150. The van der Waals surface area contributed by atoms with Gasteiger partial charge < -0.3 is 20.6 Å². The molecular weight excluding hydrogens is 507 g/mol. The average molecular weight is 547 g/mol. The van der Waals surface area contributed by atoms with E-state index >= 15 is 0 Å². The predicted octanol–water partition coefficient (Wildman–Crippen LogP) is 3.78. The third-order valence-corrected chi connectivity index (χ3v) is 7.70. The number of aryl methyl sites for hydroxylation is 1. The van der Waals surface area contributed by atoms with Crippen molar-refractivity contribution < 1.29 is 23.9 Å². The Morgan fingerprint density at radius 3 is 2.26 bits per heavy atom. The molecule has 208 valence electrons. The van der Waals surface area contributed by atoms with Crippen LogP contribution in [0.2, 0.25) is 0 Å². The number of aliphatic hydroxyl groups excluding tert-OH is 1. The standard InChI is InChI=1S/C28H39FN4O4S/c1-16-22(38-15-30-16)18-10-8-17(9-11-18)20(13-29)31-24(35)21-12-19(34)14-33(21)25(36)23(27(2,3)4)32-26(37)28(5,6)7/h8-11,15,19-21,23,34H,12-14H2,1-7H3,(H,31,35)(H,32,37)/t19-,20+,21+,23?/m1/s1. The number of halogens is 1. The maximum absolute atomic E-state index is 14.1. The molecule has 1 aromatic heterocycles. The number of alkyl halides is 1. The summed E-state index contributed by atoms with van der Waals surface area (Å²) < 4.78 is 14.1. The minimum atomic E-state index is -0.984. The van der Waals surface area contributed by atoms with Crippen molar-refractivity contribution >= 4 is 29.1 Å². The van der Waals surface area contributed by atoms with Gasteiger partial charge in [-0.05, 0) is 23.5 Å². The second kappa shape index (κ2) is 11.5. The van der Waals surface area contributed by atoms with Crippen LogP contribution in [0, 0.1) is 17.8 Å². The monoisotopic (exact) mass is 546 g/mol. The Morgan fingerprint density at radius 2 is 1.76 bits per heavy atom. The van der Waals surface area contributed by atoms with E-state index in [0.29, 0.717) is 5.56 Å².